The number of aromatic nitrogens is 5. The molecule has 1 aliphatic rings. The first-order chi connectivity index (χ1) is 17.2. The standard InChI is InChI=1S/C26H30FN7O2/c1-26(2,3)34-24(29-30-31-34)23(21-16-17-15-20(36-4)9-10-22(17)28-25(21)35)33-13-11-32(12-14-33)19-7-5-18(27)6-8-19/h5-10,15-16,23H,11-14H2,1-4H3,(H,28,35)/t23-/m1/s1. The number of halogens is 1. The summed E-state index contributed by atoms with van der Waals surface area (Å²) in [6.45, 7) is 8.89. The van der Waals surface area contributed by atoms with Crippen molar-refractivity contribution >= 4 is 16.6 Å². The van der Waals surface area contributed by atoms with Gasteiger partial charge in [-0.2, -0.15) is 0 Å². The largest absolute Gasteiger partial charge is 0.497 e. The summed E-state index contributed by atoms with van der Waals surface area (Å²) in [4.78, 5) is 20.9. The number of fused-ring (bicyclic) bond motifs is 1. The van der Waals surface area contributed by atoms with Crippen LogP contribution in [0.4, 0.5) is 10.1 Å². The molecule has 2 aromatic carbocycles. The van der Waals surface area contributed by atoms with E-state index >= 15 is 0 Å². The Morgan fingerprint density at radius 2 is 1.75 bits per heavy atom. The van der Waals surface area contributed by atoms with E-state index in [0.29, 0.717) is 30.2 Å². The molecule has 4 aromatic rings. The third-order valence-electron chi connectivity index (χ3n) is 6.62. The molecule has 3 heterocycles. The van der Waals surface area contributed by atoms with Crippen LogP contribution in [0.5, 0.6) is 5.75 Å². The van der Waals surface area contributed by atoms with E-state index in [1.165, 1.54) is 12.1 Å². The van der Waals surface area contributed by atoms with Crippen LogP contribution in [0, 0.1) is 5.82 Å². The molecular formula is C26H30FN7O2. The Kier molecular flexibility index (Phi) is 6.21. The molecule has 1 saturated heterocycles. The van der Waals surface area contributed by atoms with Gasteiger partial charge in [-0.05, 0) is 79.7 Å². The second-order valence-corrected chi connectivity index (χ2v) is 10.0. The summed E-state index contributed by atoms with van der Waals surface area (Å²) in [5.74, 6) is 1.08. The molecule has 0 bridgehead atoms. The first-order valence-electron chi connectivity index (χ1n) is 12.0. The molecule has 0 radical (unpaired) electrons. The summed E-state index contributed by atoms with van der Waals surface area (Å²) in [5.41, 5.74) is 1.73. The summed E-state index contributed by atoms with van der Waals surface area (Å²) >= 11 is 0. The lowest BCUT2D eigenvalue weighted by atomic mass is 10.0. The molecule has 1 fully saturated rings. The molecule has 0 aliphatic carbocycles. The maximum atomic E-state index is 13.4. The highest BCUT2D eigenvalue weighted by Gasteiger charge is 2.35. The van der Waals surface area contributed by atoms with Gasteiger partial charge in [0.1, 0.15) is 17.6 Å². The number of hydrogen-bond acceptors (Lipinski definition) is 7. The van der Waals surface area contributed by atoms with Gasteiger partial charge in [-0.15, -0.1) is 5.10 Å². The maximum absolute atomic E-state index is 13.4. The van der Waals surface area contributed by atoms with Crippen molar-refractivity contribution in [3.63, 3.8) is 0 Å². The van der Waals surface area contributed by atoms with Crippen molar-refractivity contribution in [2.75, 3.05) is 38.2 Å². The number of benzene rings is 2. The summed E-state index contributed by atoms with van der Waals surface area (Å²) in [6.07, 6.45) is 0. The summed E-state index contributed by atoms with van der Waals surface area (Å²) in [5, 5.41) is 13.5. The van der Waals surface area contributed by atoms with Crippen molar-refractivity contribution in [1.82, 2.24) is 30.1 Å². The van der Waals surface area contributed by atoms with Crippen LogP contribution in [-0.2, 0) is 5.54 Å². The molecular weight excluding hydrogens is 461 g/mol. The Labute approximate surface area is 208 Å². The molecule has 2 aromatic heterocycles. The average molecular weight is 492 g/mol. The lowest BCUT2D eigenvalue weighted by Gasteiger charge is -2.40. The first-order valence-corrected chi connectivity index (χ1v) is 12.0. The van der Waals surface area contributed by atoms with Gasteiger partial charge in [0.15, 0.2) is 5.82 Å². The number of H-pyrrole nitrogens is 1. The van der Waals surface area contributed by atoms with Crippen LogP contribution in [0.2, 0.25) is 0 Å². The fourth-order valence-electron chi connectivity index (χ4n) is 4.76. The van der Waals surface area contributed by atoms with Gasteiger partial charge in [0.25, 0.3) is 5.56 Å². The normalized spacial score (nSPS) is 15.9. The predicted octanol–water partition coefficient (Wildman–Crippen LogP) is 3.33. The van der Waals surface area contributed by atoms with E-state index in [2.05, 4.69) is 30.3 Å². The van der Waals surface area contributed by atoms with Crippen LogP contribution in [0.25, 0.3) is 10.9 Å². The number of hydrogen-bond donors (Lipinski definition) is 1. The molecule has 0 spiro atoms. The zero-order valence-corrected chi connectivity index (χ0v) is 20.9. The molecule has 1 atom stereocenters. The van der Waals surface area contributed by atoms with E-state index in [0.717, 1.165) is 29.7 Å². The Hall–Kier alpha value is -3.79. The van der Waals surface area contributed by atoms with E-state index in [1.807, 2.05) is 45.0 Å². The molecule has 9 nitrogen and oxygen atoms in total. The van der Waals surface area contributed by atoms with Crippen LogP contribution >= 0.6 is 0 Å². The van der Waals surface area contributed by atoms with Crippen molar-refractivity contribution < 1.29 is 9.13 Å². The number of methoxy groups -OCH3 is 1. The van der Waals surface area contributed by atoms with Crippen LogP contribution in [-0.4, -0.2) is 63.4 Å². The van der Waals surface area contributed by atoms with Crippen LogP contribution in [0.15, 0.2) is 53.3 Å². The maximum Gasteiger partial charge on any atom is 0.253 e. The van der Waals surface area contributed by atoms with Crippen LogP contribution in [0.3, 0.4) is 0 Å². The summed E-state index contributed by atoms with van der Waals surface area (Å²) in [7, 11) is 1.62. The first kappa shape index (κ1) is 23.9. The van der Waals surface area contributed by atoms with E-state index in [9.17, 15) is 9.18 Å². The van der Waals surface area contributed by atoms with E-state index < -0.39 is 6.04 Å². The highest BCUT2D eigenvalue weighted by atomic mass is 19.1. The quantitative estimate of drug-likeness (QED) is 0.458. The third kappa shape index (κ3) is 4.56. The number of nitrogens with zero attached hydrogens (tertiary/aromatic N) is 6. The lowest BCUT2D eigenvalue weighted by Crippen LogP contribution is -2.49. The zero-order valence-electron chi connectivity index (χ0n) is 20.9. The number of piperazine rings is 1. The monoisotopic (exact) mass is 491 g/mol. The molecule has 0 amide bonds. The van der Waals surface area contributed by atoms with E-state index in [4.69, 9.17) is 4.74 Å². The van der Waals surface area contributed by atoms with Gasteiger partial charge in [0.2, 0.25) is 0 Å². The minimum atomic E-state index is -0.450. The lowest BCUT2D eigenvalue weighted by molar-refractivity contribution is 0.190. The van der Waals surface area contributed by atoms with Gasteiger partial charge in [-0.1, -0.05) is 0 Å². The molecule has 1 N–H and O–H groups in total. The number of rotatable bonds is 5. The summed E-state index contributed by atoms with van der Waals surface area (Å²) < 4.78 is 20.6. The van der Waals surface area contributed by atoms with Crippen molar-refractivity contribution in [2.45, 2.75) is 32.4 Å². The SMILES string of the molecule is COc1ccc2[nH]c(=O)c([C@H](c3nnnn3C(C)(C)C)N3CCN(c4ccc(F)cc4)CC3)cc2c1. The molecule has 10 heteroatoms. The third-order valence-corrected chi connectivity index (χ3v) is 6.62. The topological polar surface area (TPSA) is 92.2 Å². The Balaban J connectivity index is 1.56. The van der Waals surface area contributed by atoms with Gasteiger partial charge in [0, 0.05) is 48.3 Å². The number of anilines is 1. The van der Waals surface area contributed by atoms with Gasteiger partial charge in [-0.3, -0.25) is 9.69 Å². The number of pyridine rings is 1. The average Bonchev–Trinajstić information content (AvgIpc) is 3.35. The fraction of sp³-hybridized carbons (Fsp3) is 0.385. The Bertz CT molecular complexity index is 1420. The molecule has 188 valence electrons. The smallest absolute Gasteiger partial charge is 0.253 e. The van der Waals surface area contributed by atoms with E-state index in [1.54, 1.807) is 23.9 Å². The molecule has 0 unspecified atom stereocenters. The van der Waals surface area contributed by atoms with Crippen molar-refractivity contribution in [2.24, 2.45) is 0 Å². The van der Waals surface area contributed by atoms with Crippen molar-refractivity contribution in [1.29, 1.82) is 0 Å². The molecule has 0 saturated carbocycles. The number of aromatic amines is 1. The van der Waals surface area contributed by atoms with Gasteiger partial charge in [0.05, 0.1) is 12.6 Å². The van der Waals surface area contributed by atoms with Gasteiger partial charge in [-0.25, -0.2) is 9.07 Å². The highest BCUT2D eigenvalue weighted by Crippen LogP contribution is 2.31. The Morgan fingerprint density at radius 3 is 2.42 bits per heavy atom. The second kappa shape index (κ2) is 9.34. The van der Waals surface area contributed by atoms with Crippen LogP contribution in [0.1, 0.15) is 38.2 Å². The molecule has 36 heavy (non-hydrogen) atoms. The zero-order chi connectivity index (χ0) is 25.4. The predicted molar refractivity (Wildman–Crippen MR) is 136 cm³/mol. The Morgan fingerprint density at radius 1 is 1.03 bits per heavy atom. The van der Waals surface area contributed by atoms with Crippen molar-refractivity contribution in [3.8, 4) is 5.75 Å². The molecule has 5 rings (SSSR count). The highest BCUT2D eigenvalue weighted by molar-refractivity contribution is 5.80. The van der Waals surface area contributed by atoms with Crippen LogP contribution < -0.4 is 15.2 Å². The number of ether oxygens (including phenoxy) is 1. The van der Waals surface area contributed by atoms with Gasteiger partial charge >= 0.3 is 0 Å². The minimum absolute atomic E-state index is 0.179. The second-order valence-electron chi connectivity index (χ2n) is 10.0. The fourth-order valence-corrected chi connectivity index (χ4v) is 4.76. The minimum Gasteiger partial charge on any atom is -0.497 e. The van der Waals surface area contributed by atoms with E-state index in [-0.39, 0.29) is 16.9 Å². The number of tetrazole rings is 1. The summed E-state index contributed by atoms with van der Waals surface area (Å²) in [6, 6.07) is 13.6. The van der Waals surface area contributed by atoms with Crippen molar-refractivity contribution in [3.05, 3.63) is 76.1 Å². The van der Waals surface area contributed by atoms with Gasteiger partial charge < -0.3 is 14.6 Å². The number of nitrogens with one attached hydrogen (secondary N) is 1. The molecule has 1 aliphatic heterocycles.